The van der Waals surface area contributed by atoms with Crippen LogP contribution in [0.2, 0.25) is 0 Å². The van der Waals surface area contributed by atoms with Crippen molar-refractivity contribution in [3.63, 3.8) is 0 Å². The minimum atomic E-state index is 0.0935. The molecule has 4 N–H and O–H groups in total. The zero-order valence-electron chi connectivity index (χ0n) is 11.5. The maximum atomic E-state index is 9.33. The summed E-state index contributed by atoms with van der Waals surface area (Å²) in [6.45, 7) is 2.77. The Hall–Kier alpha value is -1.55. The van der Waals surface area contributed by atoms with E-state index in [1.54, 1.807) is 0 Å². The summed E-state index contributed by atoms with van der Waals surface area (Å²) in [4.78, 5) is 2.23. The lowest BCUT2D eigenvalue weighted by Crippen LogP contribution is -2.37. The predicted octanol–water partition coefficient (Wildman–Crippen LogP) is 2.02. The van der Waals surface area contributed by atoms with Gasteiger partial charge in [-0.1, -0.05) is 18.9 Å². The molecular weight excluding hydrogens is 238 g/mol. The second kappa shape index (κ2) is 6.06. The van der Waals surface area contributed by atoms with Gasteiger partial charge >= 0.3 is 0 Å². The third-order valence-corrected chi connectivity index (χ3v) is 3.86. The molecule has 0 amide bonds. The number of amidine groups is 1. The van der Waals surface area contributed by atoms with Crippen LogP contribution in [0.4, 0.5) is 5.69 Å². The van der Waals surface area contributed by atoms with Crippen molar-refractivity contribution in [3.8, 4) is 0 Å². The number of aryl methyl sites for hydroxylation is 1. The summed E-state index contributed by atoms with van der Waals surface area (Å²) >= 11 is 0. The summed E-state index contributed by atoms with van der Waals surface area (Å²) in [7, 11) is 0. The zero-order chi connectivity index (χ0) is 13.8. The number of nitrogen functional groups attached to an aromatic ring is 1. The number of nitrogens with one attached hydrogen (secondary N) is 1. The van der Waals surface area contributed by atoms with Crippen LogP contribution in [0.25, 0.3) is 0 Å². The molecule has 0 radical (unpaired) electrons. The van der Waals surface area contributed by atoms with Gasteiger partial charge in [0.15, 0.2) is 0 Å². The highest BCUT2D eigenvalue weighted by molar-refractivity contribution is 6.00. The van der Waals surface area contributed by atoms with Gasteiger partial charge < -0.3 is 15.7 Å². The van der Waals surface area contributed by atoms with Crippen molar-refractivity contribution in [1.29, 1.82) is 5.41 Å². The van der Waals surface area contributed by atoms with Gasteiger partial charge in [0.2, 0.25) is 0 Å². The van der Waals surface area contributed by atoms with Crippen LogP contribution in [0.3, 0.4) is 0 Å². The van der Waals surface area contributed by atoms with Crippen molar-refractivity contribution in [2.45, 2.75) is 38.6 Å². The number of benzene rings is 1. The molecule has 1 fully saturated rings. The minimum Gasteiger partial charge on any atom is -0.395 e. The highest BCUT2D eigenvalue weighted by Crippen LogP contribution is 2.30. The Kier molecular flexibility index (Phi) is 4.43. The third-order valence-electron chi connectivity index (χ3n) is 3.86. The van der Waals surface area contributed by atoms with Gasteiger partial charge in [-0.3, -0.25) is 5.41 Å². The summed E-state index contributed by atoms with van der Waals surface area (Å²) in [5.41, 5.74) is 8.61. The molecule has 4 heteroatoms. The van der Waals surface area contributed by atoms with Crippen LogP contribution in [-0.4, -0.2) is 30.1 Å². The lowest BCUT2D eigenvalue weighted by atomic mass is 10.1. The van der Waals surface area contributed by atoms with Crippen molar-refractivity contribution in [2.24, 2.45) is 5.73 Å². The van der Waals surface area contributed by atoms with Gasteiger partial charge in [-0.15, -0.1) is 0 Å². The second-order valence-corrected chi connectivity index (χ2v) is 5.29. The number of rotatable bonds is 5. The van der Waals surface area contributed by atoms with Gasteiger partial charge in [0, 0.05) is 23.8 Å². The Labute approximate surface area is 114 Å². The number of nitrogens with two attached hydrogens (primary N) is 1. The topological polar surface area (TPSA) is 73.3 Å². The number of aliphatic hydroxyl groups excluding tert-OH is 1. The fraction of sp³-hybridized carbons (Fsp3) is 0.533. The van der Waals surface area contributed by atoms with Gasteiger partial charge in [0.25, 0.3) is 0 Å². The summed E-state index contributed by atoms with van der Waals surface area (Å²) in [6.07, 6.45) is 4.80. The van der Waals surface area contributed by atoms with Crippen LogP contribution in [0, 0.1) is 12.3 Å². The Bertz CT molecular complexity index is 453. The lowest BCUT2D eigenvalue weighted by molar-refractivity contribution is 0.297. The van der Waals surface area contributed by atoms with Crippen molar-refractivity contribution in [1.82, 2.24) is 0 Å². The van der Waals surface area contributed by atoms with Crippen molar-refractivity contribution < 1.29 is 5.11 Å². The standard InChI is InChI=1S/C15H23N3O/c1-11-6-7-13(15(16)17)14(10-11)18(8-9-19)12-4-2-3-5-12/h6-7,10,12,19H,2-5,8-9H2,1H3,(H3,16,17). The Balaban J connectivity index is 2.39. The van der Waals surface area contributed by atoms with Gasteiger partial charge in [0.05, 0.1) is 6.61 Å². The van der Waals surface area contributed by atoms with Crippen molar-refractivity contribution in [2.75, 3.05) is 18.1 Å². The number of hydrogen-bond acceptors (Lipinski definition) is 3. The average molecular weight is 261 g/mol. The van der Waals surface area contributed by atoms with Crippen LogP contribution in [0.15, 0.2) is 18.2 Å². The van der Waals surface area contributed by atoms with E-state index >= 15 is 0 Å². The molecule has 19 heavy (non-hydrogen) atoms. The first-order chi connectivity index (χ1) is 9.13. The lowest BCUT2D eigenvalue weighted by Gasteiger charge is -2.32. The van der Waals surface area contributed by atoms with Crippen LogP contribution < -0.4 is 10.6 Å². The molecule has 0 atom stereocenters. The molecule has 1 aromatic carbocycles. The highest BCUT2D eigenvalue weighted by atomic mass is 16.3. The van der Waals surface area contributed by atoms with Crippen molar-refractivity contribution >= 4 is 11.5 Å². The average Bonchev–Trinajstić information content (AvgIpc) is 2.89. The molecule has 1 aliphatic carbocycles. The molecule has 4 nitrogen and oxygen atoms in total. The highest BCUT2D eigenvalue weighted by Gasteiger charge is 2.24. The van der Waals surface area contributed by atoms with Gasteiger partial charge in [0.1, 0.15) is 5.84 Å². The number of aliphatic hydroxyl groups is 1. The summed E-state index contributed by atoms with van der Waals surface area (Å²) in [5, 5.41) is 17.1. The molecule has 104 valence electrons. The molecule has 0 heterocycles. The Morgan fingerprint density at radius 2 is 2.11 bits per heavy atom. The quantitative estimate of drug-likeness (QED) is 0.561. The molecule has 1 aromatic rings. The van der Waals surface area contributed by atoms with Crippen molar-refractivity contribution in [3.05, 3.63) is 29.3 Å². The molecule has 0 bridgehead atoms. The van der Waals surface area contributed by atoms with Gasteiger partial charge in [-0.25, -0.2) is 0 Å². The molecule has 2 rings (SSSR count). The Morgan fingerprint density at radius 3 is 2.68 bits per heavy atom. The predicted molar refractivity (Wildman–Crippen MR) is 78.9 cm³/mol. The van der Waals surface area contributed by atoms with Gasteiger partial charge in [-0.2, -0.15) is 0 Å². The van der Waals surface area contributed by atoms with Crippen LogP contribution in [-0.2, 0) is 0 Å². The summed E-state index contributed by atoms with van der Waals surface area (Å²) in [5.74, 6) is 0.0935. The molecule has 0 aromatic heterocycles. The Morgan fingerprint density at radius 1 is 1.42 bits per heavy atom. The molecular formula is C15H23N3O. The van der Waals surface area contributed by atoms with Crippen LogP contribution in [0.1, 0.15) is 36.8 Å². The fourth-order valence-corrected chi connectivity index (χ4v) is 2.93. The number of nitrogens with zero attached hydrogens (tertiary/aromatic N) is 1. The third kappa shape index (κ3) is 3.07. The maximum absolute atomic E-state index is 9.33. The molecule has 0 saturated heterocycles. The molecule has 0 spiro atoms. The maximum Gasteiger partial charge on any atom is 0.124 e. The second-order valence-electron chi connectivity index (χ2n) is 5.29. The molecule has 0 unspecified atom stereocenters. The zero-order valence-corrected chi connectivity index (χ0v) is 11.5. The normalized spacial score (nSPS) is 15.7. The van der Waals surface area contributed by atoms with E-state index in [2.05, 4.69) is 11.0 Å². The molecule has 1 aliphatic rings. The van der Waals surface area contributed by atoms with E-state index < -0.39 is 0 Å². The van der Waals surface area contributed by atoms with E-state index in [1.165, 1.54) is 12.8 Å². The molecule has 1 saturated carbocycles. The summed E-state index contributed by atoms with van der Waals surface area (Å²) in [6, 6.07) is 6.43. The minimum absolute atomic E-state index is 0.0935. The van der Waals surface area contributed by atoms with E-state index in [0.29, 0.717) is 12.6 Å². The van der Waals surface area contributed by atoms with Gasteiger partial charge in [-0.05, 0) is 37.5 Å². The number of anilines is 1. The largest absolute Gasteiger partial charge is 0.395 e. The van der Waals surface area contributed by atoms with Crippen LogP contribution in [0.5, 0.6) is 0 Å². The monoisotopic (exact) mass is 261 g/mol. The first-order valence-corrected chi connectivity index (χ1v) is 6.96. The summed E-state index contributed by atoms with van der Waals surface area (Å²) < 4.78 is 0. The van der Waals surface area contributed by atoms with E-state index in [9.17, 15) is 5.11 Å². The van der Waals surface area contributed by atoms with Crippen LogP contribution >= 0.6 is 0 Å². The fourth-order valence-electron chi connectivity index (χ4n) is 2.93. The van der Waals surface area contributed by atoms with E-state index in [4.69, 9.17) is 11.1 Å². The van der Waals surface area contributed by atoms with E-state index in [0.717, 1.165) is 29.7 Å². The van der Waals surface area contributed by atoms with E-state index in [1.807, 2.05) is 19.1 Å². The van der Waals surface area contributed by atoms with E-state index in [-0.39, 0.29) is 12.4 Å². The molecule has 0 aliphatic heterocycles. The first-order valence-electron chi connectivity index (χ1n) is 6.96. The SMILES string of the molecule is Cc1ccc(C(=N)N)c(N(CCO)C2CCCC2)c1. The smallest absolute Gasteiger partial charge is 0.124 e. The first kappa shape index (κ1) is 13.9. The number of hydrogen-bond donors (Lipinski definition) is 3.